The molecule has 0 saturated carbocycles. The number of hydrogen-bond donors (Lipinski definition) is 1. The van der Waals surface area contributed by atoms with Crippen LogP contribution in [0, 0.1) is 6.92 Å². The normalized spacial score (nSPS) is 11.5. The molecular formula is C12H19ClN2. The van der Waals surface area contributed by atoms with Gasteiger partial charge in [0.1, 0.15) is 5.82 Å². The summed E-state index contributed by atoms with van der Waals surface area (Å²) in [6, 6.07) is 4.00. The summed E-state index contributed by atoms with van der Waals surface area (Å²) in [6.07, 6.45) is 3.81. The zero-order valence-corrected chi connectivity index (χ0v) is 10.4. The lowest BCUT2D eigenvalue weighted by Gasteiger charge is -2.31. The van der Waals surface area contributed by atoms with Gasteiger partial charge in [-0.1, -0.05) is 19.9 Å². The van der Waals surface area contributed by atoms with Crippen LogP contribution in [-0.2, 0) is 0 Å². The van der Waals surface area contributed by atoms with Crippen LogP contribution in [-0.4, -0.2) is 16.4 Å². The van der Waals surface area contributed by atoms with Gasteiger partial charge in [0.2, 0.25) is 0 Å². The first-order chi connectivity index (χ1) is 7.17. The summed E-state index contributed by atoms with van der Waals surface area (Å²) in [6.45, 7) is 6.36. The average Bonchev–Trinajstić information content (AvgIpc) is 2.29. The Kier molecular flexibility index (Phi) is 4.40. The van der Waals surface area contributed by atoms with Gasteiger partial charge in [-0.2, -0.15) is 0 Å². The summed E-state index contributed by atoms with van der Waals surface area (Å²) in [5.41, 5.74) is 1.13. The molecule has 1 aromatic rings. The maximum absolute atomic E-state index is 6.04. The second kappa shape index (κ2) is 5.36. The van der Waals surface area contributed by atoms with E-state index in [0.717, 1.165) is 24.2 Å². The van der Waals surface area contributed by atoms with Gasteiger partial charge in [-0.05, 0) is 31.4 Å². The van der Waals surface area contributed by atoms with E-state index in [1.807, 2.05) is 6.07 Å². The van der Waals surface area contributed by atoms with Gasteiger partial charge >= 0.3 is 0 Å². The van der Waals surface area contributed by atoms with Gasteiger partial charge in [-0.25, -0.2) is 4.98 Å². The molecule has 0 fully saturated rings. The summed E-state index contributed by atoms with van der Waals surface area (Å²) in [4.78, 5) is 4.34. The van der Waals surface area contributed by atoms with Crippen molar-refractivity contribution >= 4 is 17.4 Å². The van der Waals surface area contributed by atoms with E-state index >= 15 is 0 Å². The van der Waals surface area contributed by atoms with Crippen molar-refractivity contribution < 1.29 is 0 Å². The molecule has 0 unspecified atom stereocenters. The molecule has 0 spiro atoms. The Bertz CT molecular complexity index is 300. The minimum Gasteiger partial charge on any atom is -0.363 e. The molecular weight excluding hydrogens is 208 g/mol. The maximum atomic E-state index is 6.04. The van der Waals surface area contributed by atoms with Gasteiger partial charge < -0.3 is 5.32 Å². The van der Waals surface area contributed by atoms with Gasteiger partial charge in [0.05, 0.1) is 5.54 Å². The summed E-state index contributed by atoms with van der Waals surface area (Å²) in [5.74, 6) is 1.55. The molecule has 3 heteroatoms. The molecule has 1 rings (SSSR count). The number of aromatic nitrogens is 1. The summed E-state index contributed by atoms with van der Waals surface area (Å²) in [7, 11) is 0. The van der Waals surface area contributed by atoms with Crippen molar-refractivity contribution in [2.45, 2.75) is 39.2 Å². The summed E-state index contributed by atoms with van der Waals surface area (Å²) in [5, 5.41) is 3.47. The molecule has 0 aromatic carbocycles. The van der Waals surface area contributed by atoms with E-state index in [4.69, 9.17) is 11.6 Å². The molecule has 0 aliphatic rings. The zero-order chi connectivity index (χ0) is 11.3. The first-order valence-corrected chi connectivity index (χ1v) is 5.96. The van der Waals surface area contributed by atoms with Crippen molar-refractivity contribution in [3.63, 3.8) is 0 Å². The van der Waals surface area contributed by atoms with E-state index in [1.54, 1.807) is 6.20 Å². The van der Waals surface area contributed by atoms with Crippen LogP contribution in [0.3, 0.4) is 0 Å². The summed E-state index contributed by atoms with van der Waals surface area (Å²) < 4.78 is 0. The number of anilines is 1. The Morgan fingerprint density at radius 1 is 1.40 bits per heavy atom. The SMILES string of the molecule is CCC(CC)(CCl)Nc1ncccc1C. The lowest BCUT2D eigenvalue weighted by atomic mass is 9.95. The molecule has 15 heavy (non-hydrogen) atoms. The van der Waals surface area contributed by atoms with Crippen LogP contribution in [0.1, 0.15) is 32.3 Å². The molecule has 1 N–H and O–H groups in total. The average molecular weight is 227 g/mol. The topological polar surface area (TPSA) is 24.9 Å². The Morgan fingerprint density at radius 3 is 2.53 bits per heavy atom. The quantitative estimate of drug-likeness (QED) is 0.777. The van der Waals surface area contributed by atoms with E-state index in [9.17, 15) is 0 Å². The molecule has 84 valence electrons. The van der Waals surface area contributed by atoms with Crippen LogP contribution in [0.15, 0.2) is 18.3 Å². The lowest BCUT2D eigenvalue weighted by molar-refractivity contribution is 0.482. The maximum Gasteiger partial charge on any atom is 0.129 e. The Labute approximate surface area is 97.1 Å². The minimum atomic E-state index is -0.0271. The highest BCUT2D eigenvalue weighted by Gasteiger charge is 2.25. The first-order valence-electron chi connectivity index (χ1n) is 5.43. The predicted molar refractivity (Wildman–Crippen MR) is 66.6 cm³/mol. The van der Waals surface area contributed by atoms with Crippen LogP contribution in [0.4, 0.5) is 5.82 Å². The molecule has 1 heterocycles. The highest BCUT2D eigenvalue weighted by molar-refractivity contribution is 6.18. The number of alkyl halides is 1. The number of nitrogens with one attached hydrogen (secondary N) is 1. The zero-order valence-electron chi connectivity index (χ0n) is 9.68. The van der Waals surface area contributed by atoms with E-state index in [2.05, 4.69) is 37.1 Å². The predicted octanol–water partition coefficient (Wildman–Crippen LogP) is 3.60. The van der Waals surface area contributed by atoms with Gasteiger partial charge in [0, 0.05) is 12.1 Å². The molecule has 2 nitrogen and oxygen atoms in total. The van der Waals surface area contributed by atoms with Gasteiger partial charge in [0.25, 0.3) is 0 Å². The Morgan fingerprint density at radius 2 is 2.07 bits per heavy atom. The number of aryl methyl sites for hydroxylation is 1. The molecule has 0 aliphatic carbocycles. The number of hydrogen-bond acceptors (Lipinski definition) is 2. The monoisotopic (exact) mass is 226 g/mol. The van der Waals surface area contributed by atoms with Crippen molar-refractivity contribution in [1.82, 2.24) is 4.98 Å². The fraction of sp³-hybridized carbons (Fsp3) is 0.583. The molecule has 0 radical (unpaired) electrons. The summed E-state index contributed by atoms with van der Waals surface area (Å²) >= 11 is 6.04. The molecule has 0 saturated heterocycles. The van der Waals surface area contributed by atoms with Crippen LogP contribution >= 0.6 is 11.6 Å². The van der Waals surface area contributed by atoms with Crippen molar-refractivity contribution in [2.75, 3.05) is 11.2 Å². The van der Waals surface area contributed by atoms with Crippen LogP contribution in [0.25, 0.3) is 0 Å². The van der Waals surface area contributed by atoms with Crippen molar-refractivity contribution in [1.29, 1.82) is 0 Å². The molecule has 0 atom stereocenters. The number of rotatable bonds is 5. The molecule has 1 aromatic heterocycles. The molecule has 0 aliphatic heterocycles. The van der Waals surface area contributed by atoms with E-state index in [1.165, 1.54) is 0 Å². The lowest BCUT2D eigenvalue weighted by Crippen LogP contribution is -2.39. The fourth-order valence-electron chi connectivity index (χ4n) is 1.52. The Hall–Kier alpha value is -0.760. The van der Waals surface area contributed by atoms with Crippen LogP contribution in [0.5, 0.6) is 0 Å². The minimum absolute atomic E-state index is 0.0271. The van der Waals surface area contributed by atoms with Crippen molar-refractivity contribution in [2.24, 2.45) is 0 Å². The molecule has 0 bridgehead atoms. The van der Waals surface area contributed by atoms with Crippen molar-refractivity contribution in [3.05, 3.63) is 23.9 Å². The second-order valence-electron chi connectivity index (χ2n) is 3.91. The number of halogens is 1. The number of pyridine rings is 1. The largest absolute Gasteiger partial charge is 0.363 e. The molecule has 0 amide bonds. The first kappa shape index (κ1) is 12.3. The second-order valence-corrected chi connectivity index (χ2v) is 4.18. The Balaban J connectivity index is 2.88. The van der Waals surface area contributed by atoms with Crippen LogP contribution in [0.2, 0.25) is 0 Å². The third-order valence-corrected chi connectivity index (χ3v) is 3.51. The van der Waals surface area contributed by atoms with E-state index in [-0.39, 0.29) is 5.54 Å². The van der Waals surface area contributed by atoms with E-state index in [0.29, 0.717) is 5.88 Å². The van der Waals surface area contributed by atoms with Gasteiger partial charge in [-0.3, -0.25) is 0 Å². The van der Waals surface area contributed by atoms with Crippen molar-refractivity contribution in [3.8, 4) is 0 Å². The third kappa shape index (κ3) is 2.85. The fourth-order valence-corrected chi connectivity index (χ4v) is 1.96. The smallest absolute Gasteiger partial charge is 0.129 e. The van der Waals surface area contributed by atoms with E-state index < -0.39 is 0 Å². The van der Waals surface area contributed by atoms with Gasteiger partial charge in [-0.15, -0.1) is 11.6 Å². The number of nitrogens with zero attached hydrogens (tertiary/aromatic N) is 1. The van der Waals surface area contributed by atoms with Gasteiger partial charge in [0.15, 0.2) is 0 Å². The van der Waals surface area contributed by atoms with Crippen LogP contribution < -0.4 is 5.32 Å². The highest BCUT2D eigenvalue weighted by Crippen LogP contribution is 2.24. The third-order valence-electron chi connectivity index (χ3n) is 3.00. The highest BCUT2D eigenvalue weighted by atomic mass is 35.5. The standard InChI is InChI=1S/C12H19ClN2/c1-4-12(5-2,9-13)15-11-10(3)7-6-8-14-11/h6-8H,4-5,9H2,1-3H3,(H,14,15).